The summed E-state index contributed by atoms with van der Waals surface area (Å²) in [7, 11) is 2.03. The summed E-state index contributed by atoms with van der Waals surface area (Å²) in [6.45, 7) is 0.757. The normalized spacial score (nSPS) is 18.3. The van der Waals surface area contributed by atoms with Crippen molar-refractivity contribution in [3.63, 3.8) is 0 Å². The van der Waals surface area contributed by atoms with Gasteiger partial charge in [-0.25, -0.2) is 4.79 Å². The summed E-state index contributed by atoms with van der Waals surface area (Å²) in [4.78, 5) is 18.7. The maximum absolute atomic E-state index is 12.4. The van der Waals surface area contributed by atoms with Crippen LogP contribution in [0.3, 0.4) is 0 Å². The number of nitrogens with zero attached hydrogens (tertiary/aromatic N) is 2. The van der Waals surface area contributed by atoms with Crippen molar-refractivity contribution in [1.82, 2.24) is 4.98 Å². The molecule has 1 saturated carbocycles. The summed E-state index contributed by atoms with van der Waals surface area (Å²) in [5, 5.41) is 0. The highest BCUT2D eigenvalue weighted by Gasteiger charge is 2.45. The number of carbonyl (C=O) groups is 1. The first-order valence-corrected chi connectivity index (χ1v) is 8.66. The molecule has 0 radical (unpaired) electrons. The highest BCUT2D eigenvalue weighted by atomic mass is 16.6. The van der Waals surface area contributed by atoms with Gasteiger partial charge in [0.15, 0.2) is 0 Å². The Labute approximate surface area is 142 Å². The molecule has 1 spiro atoms. The Kier molecular flexibility index (Phi) is 3.75. The molecule has 4 heteroatoms. The number of esters is 1. The highest BCUT2D eigenvalue weighted by Crippen LogP contribution is 2.47. The fraction of sp³-hybridized carbons (Fsp3) is 0.400. The SMILES string of the molecule is CN(Cc1cccnc1)c1ccc2c(c1)C(=O)OC21CCCCC1. The lowest BCUT2D eigenvalue weighted by molar-refractivity contribution is -0.0280. The Bertz CT molecular complexity index is 751. The van der Waals surface area contributed by atoms with Crippen LogP contribution in [0.2, 0.25) is 0 Å². The number of aromatic nitrogens is 1. The number of fused-ring (bicyclic) bond motifs is 2. The van der Waals surface area contributed by atoms with Crippen molar-refractivity contribution in [3.05, 3.63) is 59.4 Å². The molecule has 2 heterocycles. The minimum absolute atomic E-state index is 0.163. The molecular formula is C20H22N2O2. The van der Waals surface area contributed by atoms with Crippen molar-refractivity contribution in [2.45, 2.75) is 44.2 Å². The van der Waals surface area contributed by atoms with Crippen LogP contribution < -0.4 is 4.90 Å². The third kappa shape index (κ3) is 2.56. The van der Waals surface area contributed by atoms with Gasteiger partial charge in [0.25, 0.3) is 0 Å². The molecule has 4 rings (SSSR count). The molecule has 24 heavy (non-hydrogen) atoms. The zero-order valence-corrected chi connectivity index (χ0v) is 14.0. The van der Waals surface area contributed by atoms with Gasteiger partial charge in [0, 0.05) is 37.2 Å². The van der Waals surface area contributed by atoms with E-state index >= 15 is 0 Å². The van der Waals surface area contributed by atoms with E-state index in [1.165, 1.54) is 6.42 Å². The summed E-state index contributed by atoms with van der Waals surface area (Å²) in [5.74, 6) is -0.163. The van der Waals surface area contributed by atoms with Crippen LogP contribution in [0, 0.1) is 0 Å². The van der Waals surface area contributed by atoms with Crippen LogP contribution in [0.25, 0.3) is 0 Å². The van der Waals surface area contributed by atoms with E-state index in [0.29, 0.717) is 0 Å². The molecule has 1 fully saturated rings. The van der Waals surface area contributed by atoms with Crippen LogP contribution in [0.4, 0.5) is 5.69 Å². The lowest BCUT2D eigenvalue weighted by atomic mass is 9.79. The monoisotopic (exact) mass is 322 g/mol. The van der Waals surface area contributed by atoms with Gasteiger partial charge in [-0.2, -0.15) is 0 Å². The largest absolute Gasteiger partial charge is 0.451 e. The Balaban J connectivity index is 1.61. The Morgan fingerprint density at radius 1 is 1.21 bits per heavy atom. The van der Waals surface area contributed by atoms with E-state index in [9.17, 15) is 4.79 Å². The standard InChI is InChI=1S/C20H22N2O2/c1-22(14-15-6-5-11-21-13-15)16-7-8-18-17(12-16)19(23)24-20(18)9-3-2-4-10-20/h5-8,11-13H,2-4,9-10,14H2,1H3. The summed E-state index contributed by atoms with van der Waals surface area (Å²) in [6, 6.07) is 10.2. The number of hydrogen-bond acceptors (Lipinski definition) is 4. The third-order valence-electron chi connectivity index (χ3n) is 5.25. The van der Waals surface area contributed by atoms with Crippen LogP contribution in [-0.4, -0.2) is 18.0 Å². The molecule has 0 unspecified atom stereocenters. The first kappa shape index (κ1) is 15.2. The number of pyridine rings is 1. The quantitative estimate of drug-likeness (QED) is 0.800. The van der Waals surface area contributed by atoms with Gasteiger partial charge < -0.3 is 9.64 Å². The fourth-order valence-corrected chi connectivity index (χ4v) is 3.97. The molecule has 0 bridgehead atoms. The molecule has 124 valence electrons. The van der Waals surface area contributed by atoms with E-state index in [4.69, 9.17) is 4.74 Å². The van der Waals surface area contributed by atoms with Crippen LogP contribution in [0.5, 0.6) is 0 Å². The Morgan fingerprint density at radius 2 is 2.04 bits per heavy atom. The molecule has 0 amide bonds. The lowest BCUT2D eigenvalue weighted by Crippen LogP contribution is -2.28. The predicted octanol–water partition coefficient (Wildman–Crippen LogP) is 4.05. The third-order valence-corrected chi connectivity index (χ3v) is 5.25. The van der Waals surface area contributed by atoms with Crippen LogP contribution in [-0.2, 0) is 16.9 Å². The first-order chi connectivity index (χ1) is 11.7. The number of anilines is 1. The Morgan fingerprint density at radius 3 is 2.79 bits per heavy atom. The summed E-state index contributed by atoms with van der Waals surface area (Å²) >= 11 is 0. The number of hydrogen-bond donors (Lipinski definition) is 0. The molecule has 4 nitrogen and oxygen atoms in total. The molecule has 0 atom stereocenters. The number of benzene rings is 1. The van der Waals surface area contributed by atoms with Crippen molar-refractivity contribution in [1.29, 1.82) is 0 Å². The first-order valence-electron chi connectivity index (χ1n) is 8.66. The fourth-order valence-electron chi connectivity index (χ4n) is 3.97. The maximum Gasteiger partial charge on any atom is 0.339 e. The highest BCUT2D eigenvalue weighted by molar-refractivity contribution is 5.96. The average molecular weight is 322 g/mol. The number of rotatable bonds is 3. The zero-order chi connectivity index (χ0) is 16.6. The van der Waals surface area contributed by atoms with Gasteiger partial charge in [-0.3, -0.25) is 4.98 Å². The van der Waals surface area contributed by atoms with E-state index < -0.39 is 0 Å². The second-order valence-corrected chi connectivity index (χ2v) is 6.89. The minimum atomic E-state index is -0.356. The number of ether oxygens (including phenoxy) is 1. The van der Waals surface area contributed by atoms with Gasteiger partial charge >= 0.3 is 5.97 Å². The smallest absolute Gasteiger partial charge is 0.339 e. The molecular weight excluding hydrogens is 300 g/mol. The molecule has 2 aromatic rings. The van der Waals surface area contributed by atoms with Crippen molar-refractivity contribution in [2.24, 2.45) is 0 Å². The second kappa shape index (κ2) is 5.93. The number of carbonyl (C=O) groups excluding carboxylic acids is 1. The van der Waals surface area contributed by atoms with E-state index in [-0.39, 0.29) is 11.6 Å². The van der Waals surface area contributed by atoms with Crippen molar-refractivity contribution >= 4 is 11.7 Å². The zero-order valence-electron chi connectivity index (χ0n) is 14.0. The second-order valence-electron chi connectivity index (χ2n) is 6.89. The molecule has 1 aliphatic carbocycles. The van der Waals surface area contributed by atoms with Gasteiger partial charge in [0.1, 0.15) is 5.60 Å². The van der Waals surface area contributed by atoms with Crippen LogP contribution in [0.15, 0.2) is 42.7 Å². The summed E-state index contributed by atoms with van der Waals surface area (Å²) in [5.41, 5.74) is 3.65. The molecule has 2 aliphatic rings. The maximum atomic E-state index is 12.4. The van der Waals surface area contributed by atoms with Gasteiger partial charge in [-0.1, -0.05) is 18.6 Å². The molecule has 1 aromatic carbocycles. The molecule has 0 N–H and O–H groups in total. The average Bonchev–Trinajstić information content (AvgIpc) is 2.88. The van der Waals surface area contributed by atoms with Crippen molar-refractivity contribution < 1.29 is 9.53 Å². The van der Waals surface area contributed by atoms with Crippen LogP contribution in [0.1, 0.15) is 53.6 Å². The van der Waals surface area contributed by atoms with Crippen LogP contribution >= 0.6 is 0 Å². The van der Waals surface area contributed by atoms with E-state index in [0.717, 1.165) is 54.6 Å². The van der Waals surface area contributed by atoms with Crippen molar-refractivity contribution in [3.8, 4) is 0 Å². The topological polar surface area (TPSA) is 42.4 Å². The van der Waals surface area contributed by atoms with Gasteiger partial charge in [0.05, 0.1) is 5.56 Å². The van der Waals surface area contributed by atoms with Gasteiger partial charge in [-0.05, 0) is 49.4 Å². The van der Waals surface area contributed by atoms with Gasteiger partial charge in [0.2, 0.25) is 0 Å². The summed E-state index contributed by atoms with van der Waals surface area (Å²) < 4.78 is 5.85. The van der Waals surface area contributed by atoms with E-state index in [2.05, 4.69) is 28.1 Å². The molecule has 1 aliphatic heterocycles. The van der Waals surface area contributed by atoms with Crippen molar-refractivity contribution in [2.75, 3.05) is 11.9 Å². The lowest BCUT2D eigenvalue weighted by Gasteiger charge is -2.32. The Hall–Kier alpha value is -2.36. The predicted molar refractivity (Wildman–Crippen MR) is 93.0 cm³/mol. The van der Waals surface area contributed by atoms with Gasteiger partial charge in [-0.15, -0.1) is 0 Å². The summed E-state index contributed by atoms with van der Waals surface area (Å²) in [6.07, 6.45) is 9.06. The van der Waals surface area contributed by atoms with E-state index in [1.807, 2.05) is 25.4 Å². The molecule has 1 aromatic heterocycles. The minimum Gasteiger partial charge on any atom is -0.451 e. The molecule has 0 saturated heterocycles. The van der Waals surface area contributed by atoms with E-state index in [1.54, 1.807) is 6.20 Å².